The van der Waals surface area contributed by atoms with Gasteiger partial charge in [-0.15, -0.1) is 0 Å². The zero-order valence-corrected chi connectivity index (χ0v) is 62.6. The summed E-state index contributed by atoms with van der Waals surface area (Å²) in [7, 11) is 0. The number of nitrogens with one attached hydrogen (secondary N) is 1. The van der Waals surface area contributed by atoms with Gasteiger partial charge >= 0.3 is 0 Å². The molecule has 572 valence electrons. The maximum Gasteiger partial charge on any atom is 0.220 e. The van der Waals surface area contributed by atoms with E-state index in [4.69, 9.17) is 18.9 Å². The monoisotopic (exact) mass is 1400 g/mol. The summed E-state index contributed by atoms with van der Waals surface area (Å²) in [5.74, 6) is -0.263. The summed E-state index contributed by atoms with van der Waals surface area (Å²) in [6, 6.07) is -0.954. The van der Waals surface area contributed by atoms with Crippen molar-refractivity contribution in [3.63, 3.8) is 0 Å². The lowest BCUT2D eigenvalue weighted by molar-refractivity contribution is -0.359. The van der Waals surface area contributed by atoms with E-state index in [1.54, 1.807) is 6.08 Å². The van der Waals surface area contributed by atoms with Crippen LogP contribution in [0.5, 0.6) is 0 Å². The van der Waals surface area contributed by atoms with Gasteiger partial charge in [-0.25, -0.2) is 0 Å². The van der Waals surface area contributed by atoms with Crippen LogP contribution in [0.2, 0.25) is 0 Å². The van der Waals surface area contributed by atoms with Gasteiger partial charge in [-0.3, -0.25) is 4.79 Å². The van der Waals surface area contributed by atoms with E-state index in [0.29, 0.717) is 12.8 Å². The lowest BCUT2D eigenvalue weighted by Crippen LogP contribution is -2.65. The number of ether oxygens (including phenoxy) is 4. The first-order valence-corrected chi connectivity index (χ1v) is 40.1. The maximum absolute atomic E-state index is 13.4. The molecule has 0 radical (unpaired) electrons. The summed E-state index contributed by atoms with van der Waals surface area (Å²) in [4.78, 5) is 13.4. The van der Waals surface area contributed by atoms with Crippen LogP contribution >= 0.6 is 0 Å². The fourth-order valence-electron chi connectivity index (χ4n) is 12.2. The molecule has 100 heavy (non-hydrogen) atoms. The fraction of sp³-hybridized carbons (Fsp3) is 0.709. The lowest BCUT2D eigenvalue weighted by atomic mass is 9.97. The van der Waals surface area contributed by atoms with Crippen molar-refractivity contribution in [2.45, 2.75) is 370 Å². The molecule has 0 saturated carbocycles. The number of aliphatic hydroxyl groups is 8. The second kappa shape index (κ2) is 68.0. The fourth-order valence-corrected chi connectivity index (χ4v) is 12.2. The van der Waals surface area contributed by atoms with E-state index in [9.17, 15) is 45.6 Å². The average molecular weight is 1400 g/mol. The van der Waals surface area contributed by atoms with Gasteiger partial charge in [0.1, 0.15) is 48.8 Å². The predicted octanol–water partition coefficient (Wildman–Crippen LogP) is 18.4. The first-order valence-electron chi connectivity index (χ1n) is 40.1. The molecule has 2 saturated heterocycles. The summed E-state index contributed by atoms with van der Waals surface area (Å²) in [6.07, 6.45) is 86.3. The van der Waals surface area contributed by atoms with Crippen LogP contribution in [-0.4, -0.2) is 140 Å². The van der Waals surface area contributed by atoms with Crippen LogP contribution in [0.4, 0.5) is 0 Å². The smallest absolute Gasteiger partial charge is 0.220 e. The number of allylic oxidation sites excluding steroid dienone is 23. The minimum atomic E-state index is -1.80. The van der Waals surface area contributed by atoms with Crippen LogP contribution in [0.3, 0.4) is 0 Å². The van der Waals surface area contributed by atoms with Gasteiger partial charge in [-0.1, -0.05) is 320 Å². The van der Waals surface area contributed by atoms with E-state index < -0.39 is 86.8 Å². The number of hydrogen-bond acceptors (Lipinski definition) is 13. The molecule has 2 aliphatic heterocycles. The van der Waals surface area contributed by atoms with Crippen molar-refractivity contribution >= 4 is 5.91 Å². The van der Waals surface area contributed by atoms with E-state index in [2.05, 4.69) is 153 Å². The Balaban J connectivity index is 1.66. The quantitative estimate of drug-likeness (QED) is 0.0204. The van der Waals surface area contributed by atoms with Gasteiger partial charge < -0.3 is 65.1 Å². The minimum absolute atomic E-state index is 0.253. The van der Waals surface area contributed by atoms with Crippen molar-refractivity contribution in [2.75, 3.05) is 19.8 Å². The maximum atomic E-state index is 13.4. The molecule has 12 atom stereocenters. The molecule has 2 aliphatic rings. The molecule has 14 nitrogen and oxygen atoms in total. The molecule has 0 bridgehead atoms. The molecule has 12 unspecified atom stereocenters. The van der Waals surface area contributed by atoms with Crippen molar-refractivity contribution in [3.8, 4) is 0 Å². The van der Waals surface area contributed by atoms with Gasteiger partial charge in [0.25, 0.3) is 0 Å². The molecule has 2 heterocycles. The minimum Gasteiger partial charge on any atom is -0.394 e. The number of rotatable bonds is 65. The van der Waals surface area contributed by atoms with E-state index in [0.717, 1.165) is 116 Å². The summed E-state index contributed by atoms with van der Waals surface area (Å²) in [6.45, 7) is 2.68. The van der Waals surface area contributed by atoms with Gasteiger partial charge in [0, 0.05) is 6.42 Å². The molecule has 14 heteroatoms. The highest BCUT2D eigenvalue weighted by atomic mass is 16.7. The molecule has 2 fully saturated rings. The van der Waals surface area contributed by atoms with Gasteiger partial charge in [0.2, 0.25) is 5.91 Å². The first-order chi connectivity index (χ1) is 49.1. The van der Waals surface area contributed by atoms with Gasteiger partial charge in [-0.2, -0.15) is 0 Å². The SMILES string of the molecule is CC/C=C\C/C=C\C/C=C\C/C=C\C/C=C\C/C=C\C/C=C\C/C=C\C/C=C\CCCCCCCCCCCC(=O)NC(COC1OC(CO)C(OC2OC(CO)C(O)C(O)C2O)C(O)C1O)C(O)/C=C/CC/C=C/CC/C=C/CCCCCCCCCCCCCCCCCCCCC. The molecular weight excluding hydrogens is 1250 g/mol. The Hall–Kier alpha value is -4.13. The molecule has 0 aromatic carbocycles. The van der Waals surface area contributed by atoms with Crippen molar-refractivity contribution in [2.24, 2.45) is 0 Å². The van der Waals surface area contributed by atoms with Crippen LogP contribution in [-0.2, 0) is 23.7 Å². The van der Waals surface area contributed by atoms with E-state index in [-0.39, 0.29) is 18.9 Å². The highest BCUT2D eigenvalue weighted by molar-refractivity contribution is 5.76. The second-order valence-electron chi connectivity index (χ2n) is 27.4. The molecule has 0 aromatic rings. The van der Waals surface area contributed by atoms with Gasteiger partial charge in [-0.05, 0) is 116 Å². The number of amides is 1. The molecule has 0 spiro atoms. The summed E-state index contributed by atoms with van der Waals surface area (Å²) in [5.41, 5.74) is 0. The Kier molecular flexibility index (Phi) is 62.5. The molecule has 2 rings (SSSR count). The van der Waals surface area contributed by atoms with Crippen LogP contribution in [0.15, 0.2) is 146 Å². The van der Waals surface area contributed by atoms with Crippen LogP contribution in [0.25, 0.3) is 0 Å². The van der Waals surface area contributed by atoms with E-state index in [1.165, 1.54) is 148 Å². The van der Waals surface area contributed by atoms with Crippen LogP contribution < -0.4 is 5.32 Å². The average Bonchev–Trinajstić information content (AvgIpc) is 0.791. The first kappa shape index (κ1) is 92.0. The molecule has 0 aliphatic carbocycles. The van der Waals surface area contributed by atoms with Crippen molar-refractivity contribution < 1.29 is 64.6 Å². The van der Waals surface area contributed by atoms with Crippen LogP contribution in [0, 0.1) is 0 Å². The van der Waals surface area contributed by atoms with Gasteiger partial charge in [0.05, 0.1) is 32.0 Å². The van der Waals surface area contributed by atoms with Gasteiger partial charge in [0.15, 0.2) is 12.6 Å². The topological polar surface area (TPSA) is 228 Å². The Morgan fingerprint density at radius 3 is 1.10 bits per heavy atom. The van der Waals surface area contributed by atoms with Crippen LogP contribution in [0.1, 0.15) is 296 Å². The molecular formula is C86H145NO13. The summed E-state index contributed by atoms with van der Waals surface area (Å²) >= 11 is 0. The number of carbonyl (C=O) groups is 1. The lowest BCUT2D eigenvalue weighted by Gasteiger charge is -2.46. The Labute approximate surface area is 608 Å². The Morgan fingerprint density at radius 1 is 0.370 bits per heavy atom. The van der Waals surface area contributed by atoms with E-state index in [1.807, 2.05) is 6.08 Å². The zero-order valence-electron chi connectivity index (χ0n) is 62.6. The number of unbranched alkanes of at least 4 members (excludes halogenated alkanes) is 30. The van der Waals surface area contributed by atoms with Crippen molar-refractivity contribution in [3.05, 3.63) is 146 Å². The molecule has 1 amide bonds. The Bertz CT molecular complexity index is 2250. The Morgan fingerprint density at radius 2 is 0.700 bits per heavy atom. The third-order valence-corrected chi connectivity index (χ3v) is 18.5. The predicted molar refractivity (Wildman–Crippen MR) is 414 cm³/mol. The molecule has 0 aromatic heterocycles. The molecule has 9 N–H and O–H groups in total. The number of hydrogen-bond donors (Lipinski definition) is 9. The zero-order chi connectivity index (χ0) is 72.2. The number of aliphatic hydroxyl groups excluding tert-OH is 8. The van der Waals surface area contributed by atoms with Crippen molar-refractivity contribution in [1.82, 2.24) is 5.32 Å². The third-order valence-electron chi connectivity index (χ3n) is 18.5. The highest BCUT2D eigenvalue weighted by Crippen LogP contribution is 2.30. The second-order valence-corrected chi connectivity index (χ2v) is 27.4. The highest BCUT2D eigenvalue weighted by Gasteiger charge is 2.51. The van der Waals surface area contributed by atoms with E-state index >= 15 is 0 Å². The standard InChI is InChI=1S/C86H145NO13/c1-3-5-7-9-11-13-15-17-19-21-23-25-27-29-31-33-34-35-36-37-38-39-40-42-44-46-48-50-52-54-56-58-60-62-64-66-68-70-78(91)87-74(73-97-85-83(96)81(94)84(77(72-89)99-85)100-86-82(95)80(93)79(92)76(71-88)98-86)75(90)69-67-65-63-61-59-57-55-53-51-49-47-45-43-41-32-30-28-26-24-22-20-18-16-14-12-10-8-6-4-2/h5,7,11,13,17,19,23,25,29,31,34-35,37-38,40,42,46,48,51,53,59,61,67,69,74-77,79-86,88-90,92-96H,3-4,6,8-10,12,14-16,18,20-22,24,26-28,30,32-33,36,39,41,43-45,47,49-50,52,54-58,60,62-66,68,70-73H2,1-2H3,(H,87,91)/b7-5-,13-11-,19-17-,25-23-,31-29-,35-34-,38-37-,42-40-,48-46-,53-51+,61-59+,69-67+. The largest absolute Gasteiger partial charge is 0.394 e. The summed E-state index contributed by atoms with van der Waals surface area (Å²) < 4.78 is 22.9. The third kappa shape index (κ3) is 50.3. The van der Waals surface area contributed by atoms with Crippen molar-refractivity contribution in [1.29, 1.82) is 0 Å². The normalized spacial score (nSPS) is 22.7. The summed E-state index contributed by atoms with van der Waals surface area (Å²) in [5, 5.41) is 87.6. The number of carbonyl (C=O) groups excluding carboxylic acids is 1.